The summed E-state index contributed by atoms with van der Waals surface area (Å²) < 4.78 is 67.8. The SMILES string of the molecule is COC(=O)CCc1cccc(C(F)(F)F)c1C(F)F. The van der Waals surface area contributed by atoms with Crippen molar-refractivity contribution in [2.75, 3.05) is 7.11 Å². The molecule has 0 atom stereocenters. The van der Waals surface area contributed by atoms with Crippen molar-refractivity contribution in [1.29, 1.82) is 0 Å². The standard InChI is InChI=1S/C12H11F5O2/c1-19-9(18)6-5-7-3-2-4-8(12(15,16)17)10(7)11(13)14/h2-4,11H,5-6H2,1H3. The first kappa shape index (κ1) is 15.4. The summed E-state index contributed by atoms with van der Waals surface area (Å²) in [7, 11) is 1.11. The first-order chi connectivity index (χ1) is 8.77. The Kier molecular flexibility index (Phi) is 4.85. The number of methoxy groups -OCH3 is 1. The molecule has 0 aliphatic carbocycles. The van der Waals surface area contributed by atoms with Gasteiger partial charge in [0.25, 0.3) is 6.43 Å². The molecule has 0 bridgehead atoms. The zero-order chi connectivity index (χ0) is 14.6. The molecular formula is C12H11F5O2. The number of halogens is 5. The van der Waals surface area contributed by atoms with E-state index in [0.29, 0.717) is 6.07 Å². The van der Waals surface area contributed by atoms with E-state index < -0.39 is 29.7 Å². The summed E-state index contributed by atoms with van der Waals surface area (Å²) in [5, 5.41) is 0. The fourth-order valence-corrected chi connectivity index (χ4v) is 1.67. The van der Waals surface area contributed by atoms with Gasteiger partial charge in [-0.3, -0.25) is 4.79 Å². The fraction of sp³-hybridized carbons (Fsp3) is 0.417. The second-order valence-electron chi connectivity index (χ2n) is 3.75. The molecule has 0 aliphatic heterocycles. The smallest absolute Gasteiger partial charge is 0.416 e. The maximum Gasteiger partial charge on any atom is 0.416 e. The molecular weight excluding hydrogens is 271 g/mol. The number of hydrogen-bond donors (Lipinski definition) is 0. The molecule has 0 aromatic heterocycles. The van der Waals surface area contributed by atoms with E-state index in [0.717, 1.165) is 19.2 Å². The number of benzene rings is 1. The largest absolute Gasteiger partial charge is 0.469 e. The number of esters is 1. The second-order valence-corrected chi connectivity index (χ2v) is 3.75. The lowest BCUT2D eigenvalue weighted by atomic mass is 9.97. The summed E-state index contributed by atoms with van der Waals surface area (Å²) in [6.45, 7) is 0. The van der Waals surface area contributed by atoms with Crippen molar-refractivity contribution in [3.8, 4) is 0 Å². The quantitative estimate of drug-likeness (QED) is 0.621. The highest BCUT2D eigenvalue weighted by atomic mass is 19.4. The van der Waals surface area contributed by atoms with E-state index >= 15 is 0 Å². The molecule has 0 spiro atoms. The van der Waals surface area contributed by atoms with E-state index in [1.54, 1.807) is 0 Å². The van der Waals surface area contributed by atoms with E-state index in [4.69, 9.17) is 0 Å². The summed E-state index contributed by atoms with van der Waals surface area (Å²) in [4.78, 5) is 10.9. The van der Waals surface area contributed by atoms with E-state index in [2.05, 4.69) is 4.74 Å². The second kappa shape index (κ2) is 5.99. The van der Waals surface area contributed by atoms with Gasteiger partial charge in [-0.25, -0.2) is 8.78 Å². The molecule has 0 unspecified atom stereocenters. The summed E-state index contributed by atoms with van der Waals surface area (Å²) in [5.74, 6) is -0.669. The van der Waals surface area contributed by atoms with Gasteiger partial charge in [0.2, 0.25) is 0 Å². The van der Waals surface area contributed by atoms with Crippen molar-refractivity contribution >= 4 is 5.97 Å². The van der Waals surface area contributed by atoms with Crippen molar-refractivity contribution in [3.63, 3.8) is 0 Å². The molecule has 0 saturated carbocycles. The third kappa shape index (κ3) is 3.90. The summed E-state index contributed by atoms with van der Waals surface area (Å²) in [6.07, 6.45) is -8.59. The number of alkyl halides is 5. The highest BCUT2D eigenvalue weighted by Gasteiger charge is 2.36. The molecule has 7 heteroatoms. The minimum absolute atomic E-state index is 0.199. The van der Waals surface area contributed by atoms with Crippen molar-refractivity contribution in [3.05, 3.63) is 34.9 Å². The summed E-state index contributed by atoms with van der Waals surface area (Å²) in [6, 6.07) is 2.80. The number of aryl methyl sites for hydroxylation is 1. The Bertz CT molecular complexity index is 454. The van der Waals surface area contributed by atoms with Gasteiger partial charge in [0.1, 0.15) is 0 Å². The predicted molar refractivity (Wildman–Crippen MR) is 56.7 cm³/mol. The Morgan fingerprint density at radius 2 is 1.95 bits per heavy atom. The van der Waals surface area contributed by atoms with Gasteiger partial charge in [-0.1, -0.05) is 12.1 Å². The molecule has 0 radical (unpaired) electrons. The zero-order valence-electron chi connectivity index (χ0n) is 9.93. The van der Waals surface area contributed by atoms with E-state index in [-0.39, 0.29) is 18.4 Å². The molecule has 106 valence electrons. The Labute approximate surface area is 106 Å². The third-order valence-electron chi connectivity index (χ3n) is 2.55. The Morgan fingerprint density at radius 3 is 2.42 bits per heavy atom. The lowest BCUT2D eigenvalue weighted by Gasteiger charge is -2.16. The van der Waals surface area contributed by atoms with Gasteiger partial charge >= 0.3 is 12.1 Å². The highest BCUT2D eigenvalue weighted by Crippen LogP contribution is 2.38. The number of ether oxygens (including phenoxy) is 1. The number of hydrogen-bond acceptors (Lipinski definition) is 2. The average Bonchev–Trinajstić information content (AvgIpc) is 2.34. The van der Waals surface area contributed by atoms with Crippen LogP contribution in [0, 0.1) is 0 Å². The molecule has 0 aliphatic rings. The molecule has 1 aromatic rings. The minimum Gasteiger partial charge on any atom is -0.469 e. The topological polar surface area (TPSA) is 26.3 Å². The molecule has 2 nitrogen and oxygen atoms in total. The van der Waals surface area contributed by atoms with E-state index in [1.165, 1.54) is 0 Å². The maximum atomic E-state index is 12.8. The van der Waals surface area contributed by atoms with Crippen molar-refractivity contribution < 1.29 is 31.5 Å². The van der Waals surface area contributed by atoms with Crippen LogP contribution in [-0.4, -0.2) is 13.1 Å². The van der Waals surface area contributed by atoms with Gasteiger partial charge < -0.3 is 4.74 Å². The molecule has 1 rings (SSSR count). The Hall–Kier alpha value is -1.66. The van der Waals surface area contributed by atoms with Crippen LogP contribution >= 0.6 is 0 Å². The summed E-state index contributed by atoms with van der Waals surface area (Å²) >= 11 is 0. The van der Waals surface area contributed by atoms with Crippen LogP contribution in [0.2, 0.25) is 0 Å². The summed E-state index contributed by atoms with van der Waals surface area (Å²) in [5.41, 5.74) is -2.64. The highest BCUT2D eigenvalue weighted by molar-refractivity contribution is 5.69. The molecule has 0 heterocycles. The van der Waals surface area contributed by atoms with Crippen LogP contribution < -0.4 is 0 Å². The van der Waals surface area contributed by atoms with Gasteiger partial charge in [0.15, 0.2) is 0 Å². The molecule has 0 saturated heterocycles. The molecule has 0 amide bonds. The first-order valence-corrected chi connectivity index (χ1v) is 5.31. The average molecular weight is 282 g/mol. The number of carbonyl (C=O) groups is 1. The van der Waals surface area contributed by atoms with Gasteiger partial charge in [0.05, 0.1) is 12.7 Å². The molecule has 0 N–H and O–H groups in total. The lowest BCUT2D eigenvalue weighted by Crippen LogP contribution is -2.12. The van der Waals surface area contributed by atoms with Crippen LogP contribution in [-0.2, 0) is 22.1 Å². The first-order valence-electron chi connectivity index (χ1n) is 5.31. The molecule has 0 fully saturated rings. The monoisotopic (exact) mass is 282 g/mol. The van der Waals surface area contributed by atoms with Crippen molar-refractivity contribution in [1.82, 2.24) is 0 Å². The number of carbonyl (C=O) groups excluding carboxylic acids is 1. The van der Waals surface area contributed by atoms with Crippen LogP contribution in [0.1, 0.15) is 29.5 Å². The Balaban J connectivity index is 3.14. The van der Waals surface area contributed by atoms with Crippen molar-refractivity contribution in [2.24, 2.45) is 0 Å². The fourth-order valence-electron chi connectivity index (χ4n) is 1.67. The Morgan fingerprint density at radius 1 is 1.32 bits per heavy atom. The van der Waals surface area contributed by atoms with Gasteiger partial charge in [-0.2, -0.15) is 13.2 Å². The van der Waals surface area contributed by atoms with Crippen LogP contribution in [0.5, 0.6) is 0 Å². The van der Waals surface area contributed by atoms with Gasteiger partial charge in [0, 0.05) is 12.0 Å². The lowest BCUT2D eigenvalue weighted by molar-refractivity contribution is -0.140. The minimum atomic E-state index is -4.85. The van der Waals surface area contributed by atoms with E-state index in [9.17, 15) is 26.7 Å². The van der Waals surface area contributed by atoms with Crippen LogP contribution in [0.25, 0.3) is 0 Å². The molecule has 1 aromatic carbocycles. The third-order valence-corrected chi connectivity index (χ3v) is 2.55. The van der Waals surface area contributed by atoms with Gasteiger partial charge in [-0.15, -0.1) is 0 Å². The van der Waals surface area contributed by atoms with Crippen LogP contribution in [0.3, 0.4) is 0 Å². The van der Waals surface area contributed by atoms with Crippen LogP contribution in [0.15, 0.2) is 18.2 Å². The van der Waals surface area contributed by atoms with Gasteiger partial charge in [-0.05, 0) is 18.1 Å². The van der Waals surface area contributed by atoms with E-state index in [1.807, 2.05) is 0 Å². The van der Waals surface area contributed by atoms with Crippen LogP contribution in [0.4, 0.5) is 22.0 Å². The molecule has 19 heavy (non-hydrogen) atoms. The zero-order valence-corrected chi connectivity index (χ0v) is 9.93. The number of rotatable bonds is 4. The maximum absolute atomic E-state index is 12.8. The predicted octanol–water partition coefficient (Wildman–Crippen LogP) is 3.75. The van der Waals surface area contributed by atoms with Crippen molar-refractivity contribution in [2.45, 2.75) is 25.4 Å². The normalized spacial score (nSPS) is 11.7.